The summed E-state index contributed by atoms with van der Waals surface area (Å²) in [7, 11) is 0. The van der Waals surface area contributed by atoms with Crippen molar-refractivity contribution in [2.45, 2.75) is 20.3 Å². The molecule has 1 aromatic carbocycles. The van der Waals surface area contributed by atoms with Crippen LogP contribution in [0.5, 0.6) is 0 Å². The van der Waals surface area contributed by atoms with Crippen molar-refractivity contribution in [3.05, 3.63) is 34.4 Å². The molecule has 0 spiro atoms. The summed E-state index contributed by atoms with van der Waals surface area (Å²) in [5.41, 5.74) is 4.51. The summed E-state index contributed by atoms with van der Waals surface area (Å²) in [6.45, 7) is 4.90. The molecule has 0 saturated carbocycles. The molecule has 1 heterocycles. The fourth-order valence-corrected chi connectivity index (χ4v) is 1.70. The van der Waals surface area contributed by atoms with Gasteiger partial charge in [0.15, 0.2) is 0 Å². The van der Waals surface area contributed by atoms with Crippen molar-refractivity contribution < 1.29 is 4.79 Å². The Morgan fingerprint density at radius 3 is 2.40 bits per heavy atom. The highest BCUT2D eigenvalue weighted by Gasteiger charge is 2.16. The highest BCUT2D eigenvalue weighted by Crippen LogP contribution is 2.18. The number of aryl methyl sites for hydroxylation is 2. The number of halogens is 2. The Morgan fingerprint density at radius 1 is 1.13 bits per heavy atom. The van der Waals surface area contributed by atoms with Crippen LogP contribution in [-0.2, 0) is 6.42 Å². The topological polar surface area (TPSA) is 29.1 Å². The van der Waals surface area contributed by atoms with Gasteiger partial charge in [-0.2, -0.15) is 0 Å². The predicted octanol–water partition coefficient (Wildman–Crippen LogP) is 2.43. The molecule has 0 unspecified atom stereocenters. The summed E-state index contributed by atoms with van der Waals surface area (Å²) in [6, 6.07) is 4.11. The molecule has 0 saturated heterocycles. The minimum atomic E-state index is 0. The molecule has 0 aliphatic carbocycles. The summed E-state index contributed by atoms with van der Waals surface area (Å²) in [4.78, 5) is 11.4. The van der Waals surface area contributed by atoms with E-state index in [1.54, 1.807) is 0 Å². The highest BCUT2D eigenvalue weighted by molar-refractivity contribution is 5.97. The zero-order valence-corrected chi connectivity index (χ0v) is 10.4. The van der Waals surface area contributed by atoms with E-state index in [0.29, 0.717) is 0 Å². The summed E-state index contributed by atoms with van der Waals surface area (Å²) in [5.74, 6) is 0.0735. The molecular weight excluding hydrogens is 233 g/mol. The van der Waals surface area contributed by atoms with Gasteiger partial charge in [0.25, 0.3) is 5.91 Å². The van der Waals surface area contributed by atoms with Crippen molar-refractivity contribution >= 4 is 30.7 Å². The first-order chi connectivity index (χ1) is 6.18. The maximum atomic E-state index is 11.4. The second-order valence-electron chi connectivity index (χ2n) is 3.60. The van der Waals surface area contributed by atoms with Gasteiger partial charge in [0.05, 0.1) is 0 Å². The number of hydrogen-bond donors (Lipinski definition) is 1. The van der Waals surface area contributed by atoms with Crippen LogP contribution in [0.3, 0.4) is 0 Å². The van der Waals surface area contributed by atoms with Gasteiger partial charge >= 0.3 is 0 Å². The minimum absolute atomic E-state index is 0. The van der Waals surface area contributed by atoms with Crippen LogP contribution in [0.15, 0.2) is 12.1 Å². The van der Waals surface area contributed by atoms with Gasteiger partial charge in [-0.05, 0) is 43.0 Å². The van der Waals surface area contributed by atoms with Gasteiger partial charge in [0.2, 0.25) is 0 Å². The van der Waals surface area contributed by atoms with Crippen molar-refractivity contribution in [3.8, 4) is 0 Å². The Bertz CT molecular complexity index is 377. The van der Waals surface area contributed by atoms with E-state index in [0.717, 1.165) is 18.5 Å². The van der Waals surface area contributed by atoms with Gasteiger partial charge in [0, 0.05) is 12.1 Å². The monoisotopic (exact) mass is 247 g/mol. The molecule has 1 aliphatic heterocycles. The van der Waals surface area contributed by atoms with Gasteiger partial charge in [-0.1, -0.05) is 6.07 Å². The number of fused-ring (bicyclic) bond motifs is 1. The second-order valence-corrected chi connectivity index (χ2v) is 3.60. The van der Waals surface area contributed by atoms with E-state index in [2.05, 4.69) is 18.3 Å². The lowest BCUT2D eigenvalue weighted by molar-refractivity contribution is 0.0946. The van der Waals surface area contributed by atoms with Crippen molar-refractivity contribution in [2.75, 3.05) is 6.54 Å². The van der Waals surface area contributed by atoms with E-state index in [1.165, 1.54) is 16.7 Å². The largest absolute Gasteiger partial charge is 0.352 e. The molecule has 1 aliphatic rings. The molecule has 0 aromatic heterocycles. The third-order valence-electron chi connectivity index (χ3n) is 2.64. The molecular formula is C11H15Cl2NO. The summed E-state index contributed by atoms with van der Waals surface area (Å²) >= 11 is 0. The van der Waals surface area contributed by atoms with Gasteiger partial charge in [0.1, 0.15) is 0 Å². The SMILES string of the molecule is Cc1cc2c(cc1C)C(=O)NCC2.Cl.Cl. The standard InChI is InChI=1S/C11H13NO.2ClH/c1-7-5-9-3-4-12-11(13)10(9)6-8(7)2;;/h5-6H,3-4H2,1-2H3,(H,12,13);2*1H. The summed E-state index contributed by atoms with van der Waals surface area (Å²) < 4.78 is 0. The Balaban J connectivity index is 0.000000980. The molecule has 0 atom stereocenters. The van der Waals surface area contributed by atoms with E-state index in [1.807, 2.05) is 13.0 Å². The van der Waals surface area contributed by atoms with Gasteiger partial charge in [-0.3, -0.25) is 4.79 Å². The van der Waals surface area contributed by atoms with Crippen molar-refractivity contribution in [2.24, 2.45) is 0 Å². The molecule has 15 heavy (non-hydrogen) atoms. The van der Waals surface area contributed by atoms with Crippen LogP contribution in [0.4, 0.5) is 0 Å². The zero-order chi connectivity index (χ0) is 9.42. The van der Waals surface area contributed by atoms with Crippen LogP contribution in [0.25, 0.3) is 0 Å². The first-order valence-corrected chi connectivity index (χ1v) is 4.57. The molecule has 1 aromatic rings. The van der Waals surface area contributed by atoms with E-state index >= 15 is 0 Å². The lowest BCUT2D eigenvalue weighted by Gasteiger charge is -2.17. The van der Waals surface area contributed by atoms with Crippen molar-refractivity contribution in [3.63, 3.8) is 0 Å². The van der Waals surface area contributed by atoms with Crippen LogP contribution in [0.1, 0.15) is 27.0 Å². The molecule has 0 fully saturated rings. The number of hydrogen-bond acceptors (Lipinski definition) is 1. The Kier molecular flexibility index (Phi) is 5.12. The molecule has 84 valence electrons. The third kappa shape index (κ3) is 2.64. The van der Waals surface area contributed by atoms with E-state index in [4.69, 9.17) is 0 Å². The number of nitrogens with one attached hydrogen (secondary N) is 1. The van der Waals surface area contributed by atoms with Crippen molar-refractivity contribution in [1.82, 2.24) is 5.32 Å². The summed E-state index contributed by atoms with van der Waals surface area (Å²) in [5, 5.41) is 2.85. The Labute approximate surface area is 102 Å². The Morgan fingerprint density at radius 2 is 1.73 bits per heavy atom. The van der Waals surface area contributed by atoms with Crippen LogP contribution < -0.4 is 5.32 Å². The first kappa shape index (κ1) is 14.3. The molecule has 1 amide bonds. The van der Waals surface area contributed by atoms with Crippen LogP contribution >= 0.6 is 24.8 Å². The van der Waals surface area contributed by atoms with E-state index in [9.17, 15) is 4.79 Å². The average molecular weight is 248 g/mol. The van der Waals surface area contributed by atoms with Crippen LogP contribution in [0, 0.1) is 13.8 Å². The lowest BCUT2D eigenvalue weighted by atomic mass is 9.95. The van der Waals surface area contributed by atoms with Crippen LogP contribution in [-0.4, -0.2) is 12.5 Å². The van der Waals surface area contributed by atoms with Crippen molar-refractivity contribution in [1.29, 1.82) is 0 Å². The predicted molar refractivity (Wildman–Crippen MR) is 66.4 cm³/mol. The number of carbonyl (C=O) groups excluding carboxylic acids is 1. The van der Waals surface area contributed by atoms with E-state index < -0.39 is 0 Å². The third-order valence-corrected chi connectivity index (χ3v) is 2.64. The highest BCUT2D eigenvalue weighted by atomic mass is 35.5. The van der Waals surface area contributed by atoms with Gasteiger partial charge < -0.3 is 5.32 Å². The fourth-order valence-electron chi connectivity index (χ4n) is 1.70. The molecule has 2 rings (SSSR count). The van der Waals surface area contributed by atoms with Gasteiger partial charge in [-0.25, -0.2) is 0 Å². The number of amides is 1. The molecule has 1 N–H and O–H groups in total. The minimum Gasteiger partial charge on any atom is -0.352 e. The quantitative estimate of drug-likeness (QED) is 0.750. The molecule has 2 nitrogen and oxygen atoms in total. The average Bonchev–Trinajstić information content (AvgIpc) is 2.09. The number of carbonyl (C=O) groups is 1. The molecule has 0 radical (unpaired) electrons. The lowest BCUT2D eigenvalue weighted by Crippen LogP contribution is -2.31. The Hall–Kier alpha value is -0.730. The van der Waals surface area contributed by atoms with E-state index in [-0.39, 0.29) is 30.7 Å². The van der Waals surface area contributed by atoms with Gasteiger partial charge in [-0.15, -0.1) is 24.8 Å². The zero-order valence-electron chi connectivity index (χ0n) is 8.79. The first-order valence-electron chi connectivity index (χ1n) is 4.57. The smallest absolute Gasteiger partial charge is 0.251 e. The van der Waals surface area contributed by atoms with Crippen LogP contribution in [0.2, 0.25) is 0 Å². The second kappa shape index (κ2) is 5.38. The normalized spacial score (nSPS) is 13.1. The maximum absolute atomic E-state index is 11.4. The fraction of sp³-hybridized carbons (Fsp3) is 0.364. The molecule has 4 heteroatoms. The maximum Gasteiger partial charge on any atom is 0.251 e. The summed E-state index contributed by atoms with van der Waals surface area (Å²) in [6.07, 6.45) is 0.961. The molecule has 0 bridgehead atoms. The number of rotatable bonds is 0. The number of benzene rings is 1.